The Bertz CT molecular complexity index is 760. The number of nitrogen functional groups attached to an aromatic ring is 1. The molecule has 3 heteroatoms. The van der Waals surface area contributed by atoms with Crippen LogP contribution in [-0.2, 0) is 6.42 Å². The Morgan fingerprint density at radius 2 is 1.86 bits per heavy atom. The molecule has 0 amide bonds. The minimum Gasteiger partial charge on any atom is -0.398 e. The molecular formula is C18H19N3. The number of benzene rings is 2. The molecule has 0 saturated heterocycles. The van der Waals surface area contributed by atoms with E-state index in [0.717, 1.165) is 35.4 Å². The van der Waals surface area contributed by atoms with Gasteiger partial charge in [0.25, 0.3) is 0 Å². The molecule has 3 N–H and O–H groups in total. The molecule has 2 aromatic carbocycles. The zero-order chi connectivity index (χ0) is 14.7. The van der Waals surface area contributed by atoms with Crippen molar-refractivity contribution in [3.8, 4) is 0 Å². The number of nitrogens with two attached hydrogens (primary N) is 1. The summed E-state index contributed by atoms with van der Waals surface area (Å²) < 4.78 is 0. The van der Waals surface area contributed by atoms with E-state index in [1.807, 2.05) is 31.3 Å². The molecular weight excluding hydrogens is 258 g/mol. The van der Waals surface area contributed by atoms with Crippen LogP contribution in [0.4, 0.5) is 11.4 Å². The number of para-hydroxylation sites is 1. The van der Waals surface area contributed by atoms with E-state index in [1.165, 1.54) is 10.9 Å². The fourth-order valence-electron chi connectivity index (χ4n) is 2.55. The number of fused-ring (bicyclic) bond motifs is 1. The molecule has 0 bridgehead atoms. The van der Waals surface area contributed by atoms with E-state index in [2.05, 4.69) is 40.6 Å². The van der Waals surface area contributed by atoms with Crippen molar-refractivity contribution in [2.75, 3.05) is 17.6 Å². The van der Waals surface area contributed by atoms with Crippen LogP contribution in [0.2, 0.25) is 0 Å². The number of hydrogen-bond acceptors (Lipinski definition) is 3. The van der Waals surface area contributed by atoms with E-state index in [0.29, 0.717) is 0 Å². The van der Waals surface area contributed by atoms with E-state index in [-0.39, 0.29) is 0 Å². The molecule has 0 saturated carbocycles. The average molecular weight is 277 g/mol. The van der Waals surface area contributed by atoms with E-state index in [9.17, 15) is 0 Å². The van der Waals surface area contributed by atoms with Crippen molar-refractivity contribution >= 4 is 22.3 Å². The molecule has 0 aliphatic rings. The van der Waals surface area contributed by atoms with Gasteiger partial charge in [-0.05, 0) is 42.7 Å². The number of hydrogen-bond donors (Lipinski definition) is 2. The van der Waals surface area contributed by atoms with Gasteiger partial charge in [-0.15, -0.1) is 0 Å². The number of nitrogens with zero attached hydrogens (tertiary/aromatic N) is 1. The molecule has 0 spiro atoms. The van der Waals surface area contributed by atoms with Gasteiger partial charge >= 0.3 is 0 Å². The third-order valence-electron chi connectivity index (χ3n) is 3.80. The zero-order valence-corrected chi connectivity index (χ0v) is 12.1. The van der Waals surface area contributed by atoms with Gasteiger partial charge in [-0.3, -0.25) is 4.98 Å². The lowest BCUT2D eigenvalue weighted by Crippen LogP contribution is -2.07. The van der Waals surface area contributed by atoms with Crippen molar-refractivity contribution in [2.24, 2.45) is 0 Å². The summed E-state index contributed by atoms with van der Waals surface area (Å²) in [5, 5.41) is 4.65. The largest absolute Gasteiger partial charge is 0.398 e. The maximum atomic E-state index is 5.93. The van der Waals surface area contributed by atoms with Gasteiger partial charge in [-0.1, -0.05) is 30.3 Å². The number of pyridine rings is 1. The first-order valence-electron chi connectivity index (χ1n) is 7.17. The summed E-state index contributed by atoms with van der Waals surface area (Å²) in [5.74, 6) is 0. The van der Waals surface area contributed by atoms with Gasteiger partial charge in [0, 0.05) is 29.5 Å². The van der Waals surface area contributed by atoms with Crippen LogP contribution in [0.1, 0.15) is 11.1 Å². The predicted molar refractivity (Wildman–Crippen MR) is 89.5 cm³/mol. The molecule has 0 unspecified atom stereocenters. The van der Waals surface area contributed by atoms with Gasteiger partial charge in [0.15, 0.2) is 0 Å². The topological polar surface area (TPSA) is 50.9 Å². The molecule has 0 aliphatic heterocycles. The average Bonchev–Trinajstić information content (AvgIpc) is 2.52. The number of aromatic nitrogens is 1. The van der Waals surface area contributed by atoms with Crippen molar-refractivity contribution in [1.29, 1.82) is 0 Å². The third-order valence-corrected chi connectivity index (χ3v) is 3.80. The fraction of sp³-hybridized carbons (Fsp3) is 0.167. The van der Waals surface area contributed by atoms with Crippen molar-refractivity contribution in [3.63, 3.8) is 0 Å². The van der Waals surface area contributed by atoms with Crippen LogP contribution < -0.4 is 11.1 Å². The van der Waals surface area contributed by atoms with Crippen molar-refractivity contribution in [2.45, 2.75) is 13.3 Å². The highest BCUT2D eigenvalue weighted by Gasteiger charge is 2.03. The zero-order valence-electron chi connectivity index (χ0n) is 12.1. The Labute approximate surface area is 124 Å². The van der Waals surface area contributed by atoms with Crippen molar-refractivity contribution in [1.82, 2.24) is 4.98 Å². The summed E-state index contributed by atoms with van der Waals surface area (Å²) in [6.07, 6.45) is 2.78. The Morgan fingerprint density at radius 1 is 1.05 bits per heavy atom. The quantitative estimate of drug-likeness (QED) is 0.713. The normalized spacial score (nSPS) is 10.7. The lowest BCUT2D eigenvalue weighted by Gasteiger charge is -2.12. The predicted octanol–water partition coefficient (Wildman–Crippen LogP) is 3.78. The Kier molecular flexibility index (Phi) is 3.73. The van der Waals surface area contributed by atoms with Crippen molar-refractivity contribution in [3.05, 3.63) is 65.9 Å². The van der Waals surface area contributed by atoms with E-state index < -0.39 is 0 Å². The molecule has 106 valence electrons. The van der Waals surface area contributed by atoms with Gasteiger partial charge in [-0.25, -0.2) is 0 Å². The molecule has 3 rings (SSSR count). The molecule has 3 aromatic rings. The first-order valence-corrected chi connectivity index (χ1v) is 7.17. The minimum atomic E-state index is 0.826. The summed E-state index contributed by atoms with van der Waals surface area (Å²) in [5.41, 5.74) is 11.3. The first kappa shape index (κ1) is 13.4. The molecule has 3 nitrogen and oxygen atoms in total. The maximum Gasteiger partial charge on any atom is 0.0734 e. The lowest BCUT2D eigenvalue weighted by molar-refractivity contribution is 1.02. The molecule has 1 heterocycles. The summed E-state index contributed by atoms with van der Waals surface area (Å²) in [6.45, 7) is 2.90. The molecule has 0 atom stereocenters. The van der Waals surface area contributed by atoms with Crippen LogP contribution in [0.3, 0.4) is 0 Å². The molecule has 21 heavy (non-hydrogen) atoms. The Balaban J connectivity index is 1.74. The summed E-state index contributed by atoms with van der Waals surface area (Å²) in [4.78, 5) is 4.49. The Hall–Kier alpha value is -2.55. The van der Waals surface area contributed by atoms with E-state index >= 15 is 0 Å². The van der Waals surface area contributed by atoms with Crippen LogP contribution in [0.25, 0.3) is 10.9 Å². The second-order valence-electron chi connectivity index (χ2n) is 5.19. The van der Waals surface area contributed by atoms with Gasteiger partial charge < -0.3 is 11.1 Å². The van der Waals surface area contributed by atoms with Gasteiger partial charge in [0.2, 0.25) is 0 Å². The number of nitrogens with one attached hydrogen (secondary N) is 1. The second-order valence-corrected chi connectivity index (χ2v) is 5.19. The van der Waals surface area contributed by atoms with E-state index in [1.54, 1.807) is 0 Å². The molecule has 0 fully saturated rings. The third kappa shape index (κ3) is 2.82. The highest BCUT2D eigenvalue weighted by atomic mass is 14.9. The highest BCUT2D eigenvalue weighted by molar-refractivity contribution is 5.81. The minimum absolute atomic E-state index is 0.826. The lowest BCUT2D eigenvalue weighted by atomic mass is 10.1. The number of rotatable bonds is 4. The SMILES string of the molecule is Cc1c(N)cccc1NCCc1cccc2cccnc12. The smallest absolute Gasteiger partial charge is 0.0734 e. The second kappa shape index (κ2) is 5.83. The van der Waals surface area contributed by atoms with Gasteiger partial charge in [0.05, 0.1) is 5.52 Å². The molecule has 0 aliphatic carbocycles. The monoisotopic (exact) mass is 277 g/mol. The summed E-state index contributed by atoms with van der Waals surface area (Å²) in [7, 11) is 0. The van der Waals surface area contributed by atoms with E-state index in [4.69, 9.17) is 5.73 Å². The fourth-order valence-corrected chi connectivity index (χ4v) is 2.55. The van der Waals surface area contributed by atoms with Crippen LogP contribution in [0.5, 0.6) is 0 Å². The van der Waals surface area contributed by atoms with Crippen LogP contribution in [0, 0.1) is 6.92 Å². The summed E-state index contributed by atoms with van der Waals surface area (Å²) in [6, 6.07) is 16.4. The van der Waals surface area contributed by atoms with Gasteiger partial charge in [-0.2, -0.15) is 0 Å². The summed E-state index contributed by atoms with van der Waals surface area (Å²) >= 11 is 0. The van der Waals surface area contributed by atoms with Crippen LogP contribution >= 0.6 is 0 Å². The highest BCUT2D eigenvalue weighted by Crippen LogP contribution is 2.21. The number of anilines is 2. The van der Waals surface area contributed by atoms with Gasteiger partial charge in [0.1, 0.15) is 0 Å². The van der Waals surface area contributed by atoms with Crippen molar-refractivity contribution < 1.29 is 0 Å². The van der Waals surface area contributed by atoms with Crippen LogP contribution in [0.15, 0.2) is 54.7 Å². The first-order chi connectivity index (χ1) is 10.3. The standard InChI is InChI=1S/C18H19N3/c1-13-16(19)8-3-9-17(13)20-12-10-15-6-2-5-14-7-4-11-21-18(14)15/h2-9,11,20H,10,12,19H2,1H3. The molecule has 1 aromatic heterocycles. The molecule has 0 radical (unpaired) electrons. The maximum absolute atomic E-state index is 5.93. The Morgan fingerprint density at radius 3 is 2.76 bits per heavy atom. The van der Waals surface area contributed by atoms with Crippen LogP contribution in [-0.4, -0.2) is 11.5 Å².